The van der Waals surface area contributed by atoms with Crippen molar-refractivity contribution < 1.29 is 5.11 Å². The zero-order chi connectivity index (χ0) is 25.9. The van der Waals surface area contributed by atoms with Gasteiger partial charge in [0.2, 0.25) is 0 Å². The van der Waals surface area contributed by atoms with Crippen LogP contribution in [-0.4, -0.2) is 46.3 Å². The number of unbranched alkanes of at least 4 members (excludes halogenated alkanes) is 1. The van der Waals surface area contributed by atoms with E-state index in [2.05, 4.69) is 59.5 Å². The lowest BCUT2D eigenvalue weighted by atomic mass is 9.84. The molecule has 3 heterocycles. The van der Waals surface area contributed by atoms with Crippen molar-refractivity contribution >= 4 is 17.7 Å². The number of hydrogen-bond donors (Lipinski definition) is 3. The molecule has 36 heavy (non-hydrogen) atoms. The Bertz CT molecular complexity index is 1120. The number of anilines is 2. The van der Waals surface area contributed by atoms with Gasteiger partial charge in [0.15, 0.2) is 0 Å². The first-order valence-corrected chi connectivity index (χ1v) is 13.3. The summed E-state index contributed by atoms with van der Waals surface area (Å²) in [5.74, 6) is 1.05. The van der Waals surface area contributed by atoms with Crippen LogP contribution in [0.1, 0.15) is 74.9 Å². The summed E-state index contributed by atoms with van der Waals surface area (Å²) >= 11 is 0. The highest BCUT2D eigenvalue weighted by atomic mass is 16.3. The van der Waals surface area contributed by atoms with E-state index in [1.165, 1.54) is 11.8 Å². The Morgan fingerprint density at radius 2 is 1.78 bits per heavy atom. The number of benzene rings is 1. The summed E-state index contributed by atoms with van der Waals surface area (Å²) in [6.45, 7) is 8.20. The van der Waals surface area contributed by atoms with E-state index in [9.17, 15) is 5.11 Å². The molecule has 4 rings (SSSR count). The number of nitrogens with one attached hydrogen (secondary N) is 2. The highest BCUT2D eigenvalue weighted by Gasteiger charge is 2.23. The molecular formula is C30H41N5O. The number of aromatic nitrogens is 2. The number of rotatable bonds is 9. The van der Waals surface area contributed by atoms with Crippen molar-refractivity contribution in [2.75, 3.05) is 25.5 Å². The SMILES string of the molecule is CC.CCCCc1cccc(-c2cc(Nc3cccc(CO)n3)c(C=N)c(C3CCN(C)CC3)c2)n1. The monoisotopic (exact) mass is 487 g/mol. The molecule has 1 saturated heterocycles. The zero-order valence-corrected chi connectivity index (χ0v) is 22.2. The maximum atomic E-state index is 9.51. The van der Waals surface area contributed by atoms with E-state index in [0.29, 0.717) is 17.4 Å². The van der Waals surface area contributed by atoms with Gasteiger partial charge in [-0.05, 0) is 93.7 Å². The number of hydrogen-bond acceptors (Lipinski definition) is 6. The minimum atomic E-state index is -0.109. The van der Waals surface area contributed by atoms with Crippen LogP contribution in [0.15, 0.2) is 48.5 Å². The average molecular weight is 488 g/mol. The standard InChI is InChI=1S/C28H35N5O.C2H6/c1-3-4-7-22-8-5-10-26(30-22)21-16-24(20-12-14-33(2)15-13-20)25(18-29)27(17-21)32-28-11-6-9-23(19-34)31-28;1-2/h5-6,8-11,16-18,20,29,34H,3-4,7,12-15,19H2,1-2H3,(H,31,32);1-2H3. The van der Waals surface area contributed by atoms with E-state index in [4.69, 9.17) is 10.4 Å². The Hall–Kier alpha value is -3.09. The van der Waals surface area contributed by atoms with Gasteiger partial charge in [0, 0.05) is 28.7 Å². The predicted molar refractivity (Wildman–Crippen MR) is 150 cm³/mol. The number of pyridine rings is 2. The van der Waals surface area contributed by atoms with Crippen molar-refractivity contribution in [2.24, 2.45) is 0 Å². The van der Waals surface area contributed by atoms with Crippen LogP contribution >= 0.6 is 0 Å². The summed E-state index contributed by atoms with van der Waals surface area (Å²) in [5.41, 5.74) is 6.68. The molecule has 192 valence electrons. The van der Waals surface area contributed by atoms with Gasteiger partial charge < -0.3 is 20.7 Å². The van der Waals surface area contributed by atoms with Crippen LogP contribution in [0, 0.1) is 5.41 Å². The molecule has 1 aromatic carbocycles. The van der Waals surface area contributed by atoms with Crippen LogP contribution in [0.4, 0.5) is 11.5 Å². The largest absolute Gasteiger partial charge is 0.390 e. The molecule has 2 aromatic heterocycles. The van der Waals surface area contributed by atoms with E-state index < -0.39 is 0 Å². The van der Waals surface area contributed by atoms with Gasteiger partial charge >= 0.3 is 0 Å². The van der Waals surface area contributed by atoms with Crippen LogP contribution in [0.3, 0.4) is 0 Å². The molecule has 6 nitrogen and oxygen atoms in total. The summed E-state index contributed by atoms with van der Waals surface area (Å²) < 4.78 is 0. The minimum Gasteiger partial charge on any atom is -0.390 e. The number of piperidine rings is 1. The van der Waals surface area contributed by atoms with Gasteiger partial charge in [0.1, 0.15) is 5.82 Å². The van der Waals surface area contributed by atoms with Crippen molar-refractivity contribution in [2.45, 2.75) is 65.4 Å². The molecule has 0 bridgehead atoms. The molecule has 0 saturated carbocycles. The van der Waals surface area contributed by atoms with Crippen LogP contribution in [0.5, 0.6) is 0 Å². The van der Waals surface area contributed by atoms with Gasteiger partial charge in [-0.15, -0.1) is 0 Å². The van der Waals surface area contributed by atoms with Crippen molar-refractivity contribution in [3.8, 4) is 11.3 Å². The van der Waals surface area contributed by atoms with E-state index in [1.807, 2.05) is 26.0 Å². The predicted octanol–water partition coefficient (Wildman–Crippen LogP) is 6.56. The number of aliphatic hydroxyl groups excluding tert-OH is 1. The summed E-state index contributed by atoms with van der Waals surface area (Å²) in [6, 6.07) is 16.2. The summed E-state index contributed by atoms with van der Waals surface area (Å²) in [5, 5.41) is 21.2. The Balaban J connectivity index is 0.00000176. The summed E-state index contributed by atoms with van der Waals surface area (Å²) in [6.07, 6.45) is 6.86. The van der Waals surface area contributed by atoms with Gasteiger partial charge in [-0.2, -0.15) is 0 Å². The second-order valence-electron chi connectivity index (χ2n) is 9.16. The van der Waals surface area contributed by atoms with Crippen molar-refractivity contribution in [1.29, 1.82) is 5.41 Å². The second-order valence-corrected chi connectivity index (χ2v) is 9.16. The highest BCUT2D eigenvalue weighted by molar-refractivity contribution is 5.91. The fraction of sp³-hybridized carbons (Fsp3) is 0.433. The molecule has 0 radical (unpaired) electrons. The van der Waals surface area contributed by atoms with Crippen LogP contribution in [0.25, 0.3) is 11.3 Å². The van der Waals surface area contributed by atoms with Gasteiger partial charge in [0.25, 0.3) is 0 Å². The van der Waals surface area contributed by atoms with Crippen molar-refractivity contribution in [1.82, 2.24) is 14.9 Å². The Morgan fingerprint density at radius 1 is 1.06 bits per heavy atom. The third-order valence-electron chi connectivity index (χ3n) is 6.64. The molecule has 1 aliphatic rings. The third-order valence-corrected chi connectivity index (χ3v) is 6.64. The van der Waals surface area contributed by atoms with Crippen LogP contribution in [-0.2, 0) is 13.0 Å². The first kappa shape index (κ1) is 27.5. The van der Waals surface area contributed by atoms with Gasteiger partial charge in [-0.25, -0.2) is 4.98 Å². The minimum absolute atomic E-state index is 0.109. The molecule has 0 spiro atoms. The maximum Gasteiger partial charge on any atom is 0.130 e. The van der Waals surface area contributed by atoms with E-state index in [-0.39, 0.29) is 6.61 Å². The van der Waals surface area contributed by atoms with Crippen LogP contribution < -0.4 is 5.32 Å². The van der Waals surface area contributed by atoms with Crippen LogP contribution in [0.2, 0.25) is 0 Å². The lowest BCUT2D eigenvalue weighted by Gasteiger charge is -2.31. The fourth-order valence-corrected chi connectivity index (χ4v) is 4.66. The average Bonchev–Trinajstić information content (AvgIpc) is 2.93. The molecule has 3 aromatic rings. The number of nitrogens with zero attached hydrogens (tertiary/aromatic N) is 3. The lowest BCUT2D eigenvalue weighted by molar-refractivity contribution is 0.255. The van der Waals surface area contributed by atoms with Crippen molar-refractivity contribution in [3.05, 3.63) is 71.0 Å². The van der Waals surface area contributed by atoms with Gasteiger partial charge in [-0.3, -0.25) is 4.98 Å². The maximum absolute atomic E-state index is 9.51. The van der Waals surface area contributed by atoms with Crippen molar-refractivity contribution in [3.63, 3.8) is 0 Å². The molecule has 3 N–H and O–H groups in total. The number of aryl methyl sites for hydroxylation is 1. The third kappa shape index (κ3) is 6.99. The first-order valence-electron chi connectivity index (χ1n) is 13.3. The molecule has 0 unspecified atom stereocenters. The molecule has 1 aliphatic heterocycles. The highest BCUT2D eigenvalue weighted by Crippen LogP contribution is 2.37. The number of aliphatic hydroxyl groups is 1. The van der Waals surface area contributed by atoms with E-state index in [1.54, 1.807) is 6.07 Å². The smallest absolute Gasteiger partial charge is 0.130 e. The fourth-order valence-electron chi connectivity index (χ4n) is 4.66. The Labute approximate surface area is 216 Å². The summed E-state index contributed by atoms with van der Waals surface area (Å²) in [4.78, 5) is 11.8. The number of likely N-dealkylation sites (tertiary alicyclic amines) is 1. The molecule has 0 amide bonds. The molecular weight excluding hydrogens is 446 g/mol. The zero-order valence-electron chi connectivity index (χ0n) is 22.2. The summed E-state index contributed by atoms with van der Waals surface area (Å²) in [7, 11) is 2.17. The Kier molecular flexibility index (Phi) is 10.6. The molecule has 6 heteroatoms. The quantitative estimate of drug-likeness (QED) is 0.298. The Morgan fingerprint density at radius 3 is 2.47 bits per heavy atom. The molecule has 0 aliphatic carbocycles. The second kappa shape index (κ2) is 13.9. The lowest BCUT2D eigenvalue weighted by Crippen LogP contribution is -2.29. The topological polar surface area (TPSA) is 85.1 Å². The normalized spacial score (nSPS) is 14.1. The van der Waals surface area contributed by atoms with Gasteiger partial charge in [0.05, 0.1) is 18.0 Å². The van der Waals surface area contributed by atoms with Gasteiger partial charge in [-0.1, -0.05) is 39.3 Å². The van der Waals surface area contributed by atoms with E-state index >= 15 is 0 Å². The first-order chi connectivity index (χ1) is 17.6. The molecule has 1 fully saturated rings. The van der Waals surface area contributed by atoms with E-state index in [0.717, 1.165) is 73.4 Å². The molecule has 0 atom stereocenters.